The molecule has 28 heavy (non-hydrogen) atoms. The fourth-order valence-electron chi connectivity index (χ4n) is 2.67. The van der Waals surface area contributed by atoms with Gasteiger partial charge in [-0.2, -0.15) is 18.3 Å². The quantitative estimate of drug-likeness (QED) is 0.567. The summed E-state index contributed by atoms with van der Waals surface area (Å²) >= 11 is 0. The average molecular weight is 392 g/mol. The SMILES string of the molecule is CC(C)n1cc(-c2ccnc(NC(C)C(F)(F)F)c2)c(-c2ccc(F)cc2)n1. The number of hydrogen-bond donors (Lipinski definition) is 1. The first-order valence-corrected chi connectivity index (χ1v) is 8.80. The number of halogens is 4. The lowest BCUT2D eigenvalue weighted by Crippen LogP contribution is -2.33. The van der Waals surface area contributed by atoms with E-state index in [0.29, 0.717) is 16.8 Å². The largest absolute Gasteiger partial charge is 0.408 e. The van der Waals surface area contributed by atoms with Crippen LogP contribution >= 0.6 is 0 Å². The second-order valence-corrected chi connectivity index (χ2v) is 6.81. The molecule has 148 valence electrons. The van der Waals surface area contributed by atoms with Crippen molar-refractivity contribution in [2.45, 2.75) is 39.0 Å². The third-order valence-electron chi connectivity index (χ3n) is 4.31. The molecule has 2 aromatic heterocycles. The Kier molecular flexibility index (Phi) is 5.40. The van der Waals surface area contributed by atoms with Gasteiger partial charge in [0.05, 0.1) is 0 Å². The first kappa shape index (κ1) is 19.9. The number of hydrogen-bond acceptors (Lipinski definition) is 3. The van der Waals surface area contributed by atoms with Crippen LogP contribution in [0.15, 0.2) is 48.8 Å². The number of pyridine rings is 1. The highest BCUT2D eigenvalue weighted by Crippen LogP contribution is 2.33. The zero-order valence-electron chi connectivity index (χ0n) is 15.6. The molecule has 1 unspecified atom stereocenters. The fourth-order valence-corrected chi connectivity index (χ4v) is 2.67. The van der Waals surface area contributed by atoms with Crippen LogP contribution in [0.4, 0.5) is 23.4 Å². The van der Waals surface area contributed by atoms with E-state index in [9.17, 15) is 17.6 Å². The van der Waals surface area contributed by atoms with Crippen molar-refractivity contribution in [2.75, 3.05) is 5.32 Å². The van der Waals surface area contributed by atoms with Crippen molar-refractivity contribution in [1.82, 2.24) is 14.8 Å². The number of nitrogens with zero attached hydrogens (tertiary/aromatic N) is 3. The van der Waals surface area contributed by atoms with Crippen LogP contribution in [0.25, 0.3) is 22.4 Å². The molecule has 0 spiro atoms. The van der Waals surface area contributed by atoms with Crippen LogP contribution in [-0.4, -0.2) is 27.0 Å². The summed E-state index contributed by atoms with van der Waals surface area (Å²) in [6.07, 6.45) is -1.10. The summed E-state index contributed by atoms with van der Waals surface area (Å²) in [6, 6.07) is 7.55. The standard InChI is InChI=1S/C20H20F4N4/c1-12(2)28-11-17(19(27-28)14-4-6-16(21)7-5-14)15-8-9-25-18(10-15)26-13(3)20(22,23)24/h4-13H,1-3H3,(H,25,26). The van der Waals surface area contributed by atoms with E-state index in [1.54, 1.807) is 28.9 Å². The summed E-state index contributed by atoms with van der Waals surface area (Å²) in [4.78, 5) is 3.99. The van der Waals surface area contributed by atoms with E-state index in [0.717, 1.165) is 12.5 Å². The Bertz CT molecular complexity index is 946. The van der Waals surface area contributed by atoms with Crippen molar-refractivity contribution in [2.24, 2.45) is 0 Å². The molecule has 0 amide bonds. The predicted octanol–water partition coefficient (Wildman–Crippen LogP) is 5.69. The Morgan fingerprint density at radius 1 is 1.00 bits per heavy atom. The summed E-state index contributed by atoms with van der Waals surface area (Å²) in [5.41, 5.74) is 2.73. The number of aromatic nitrogens is 3. The smallest absolute Gasteiger partial charge is 0.359 e. The second-order valence-electron chi connectivity index (χ2n) is 6.81. The number of nitrogens with one attached hydrogen (secondary N) is 1. The molecule has 0 fully saturated rings. The Morgan fingerprint density at radius 3 is 2.29 bits per heavy atom. The van der Waals surface area contributed by atoms with Crippen LogP contribution in [0.2, 0.25) is 0 Å². The third-order valence-corrected chi connectivity index (χ3v) is 4.31. The third kappa shape index (κ3) is 4.32. The maximum atomic E-state index is 13.3. The molecule has 3 rings (SSSR count). The van der Waals surface area contributed by atoms with E-state index in [1.165, 1.54) is 18.3 Å². The van der Waals surface area contributed by atoms with Crippen LogP contribution in [0.1, 0.15) is 26.8 Å². The van der Waals surface area contributed by atoms with E-state index in [2.05, 4.69) is 15.4 Å². The van der Waals surface area contributed by atoms with E-state index in [1.807, 2.05) is 20.0 Å². The molecule has 3 aromatic rings. The number of benzene rings is 1. The van der Waals surface area contributed by atoms with Crippen LogP contribution in [-0.2, 0) is 0 Å². The van der Waals surface area contributed by atoms with Gasteiger partial charge in [-0.15, -0.1) is 0 Å². The van der Waals surface area contributed by atoms with E-state index in [4.69, 9.17) is 0 Å². The number of rotatable bonds is 5. The van der Waals surface area contributed by atoms with E-state index < -0.39 is 12.2 Å². The molecule has 8 heteroatoms. The maximum Gasteiger partial charge on any atom is 0.408 e. The Balaban J connectivity index is 2.03. The summed E-state index contributed by atoms with van der Waals surface area (Å²) in [5, 5.41) is 6.96. The zero-order valence-corrected chi connectivity index (χ0v) is 15.6. The summed E-state index contributed by atoms with van der Waals surface area (Å²) in [7, 11) is 0. The maximum absolute atomic E-state index is 13.3. The number of alkyl halides is 3. The molecular formula is C20H20F4N4. The van der Waals surface area contributed by atoms with E-state index >= 15 is 0 Å². The van der Waals surface area contributed by atoms with Gasteiger partial charge in [-0.25, -0.2) is 9.37 Å². The number of anilines is 1. The van der Waals surface area contributed by atoms with Gasteiger partial charge in [0.2, 0.25) is 0 Å². The molecule has 2 heterocycles. The zero-order chi connectivity index (χ0) is 20.5. The van der Waals surface area contributed by atoms with Crippen LogP contribution in [0.3, 0.4) is 0 Å². The molecule has 4 nitrogen and oxygen atoms in total. The van der Waals surface area contributed by atoms with Crippen molar-refractivity contribution in [3.05, 3.63) is 54.6 Å². The summed E-state index contributed by atoms with van der Waals surface area (Å²) in [6.45, 7) is 4.97. The van der Waals surface area contributed by atoms with Gasteiger partial charge in [0.1, 0.15) is 23.4 Å². The molecule has 0 aliphatic heterocycles. The lowest BCUT2D eigenvalue weighted by atomic mass is 10.0. The normalized spacial score (nSPS) is 13.0. The molecule has 1 N–H and O–H groups in total. The van der Waals surface area contributed by atoms with Crippen LogP contribution in [0.5, 0.6) is 0 Å². The first-order valence-electron chi connectivity index (χ1n) is 8.80. The van der Waals surface area contributed by atoms with Gasteiger partial charge in [0.25, 0.3) is 0 Å². The molecule has 0 saturated heterocycles. The fraction of sp³-hybridized carbons (Fsp3) is 0.300. The van der Waals surface area contributed by atoms with Gasteiger partial charge in [-0.05, 0) is 62.7 Å². The van der Waals surface area contributed by atoms with E-state index in [-0.39, 0.29) is 17.7 Å². The van der Waals surface area contributed by atoms with Crippen molar-refractivity contribution >= 4 is 5.82 Å². The molecule has 0 bridgehead atoms. The van der Waals surface area contributed by atoms with Crippen molar-refractivity contribution in [3.63, 3.8) is 0 Å². The van der Waals surface area contributed by atoms with Gasteiger partial charge in [0, 0.05) is 29.6 Å². The Labute approximate surface area is 160 Å². The van der Waals surface area contributed by atoms with Crippen LogP contribution in [0, 0.1) is 5.82 Å². The molecule has 0 saturated carbocycles. The molecule has 0 radical (unpaired) electrons. The lowest BCUT2D eigenvalue weighted by Gasteiger charge is -2.18. The summed E-state index contributed by atoms with van der Waals surface area (Å²) < 4.78 is 53.6. The molecule has 1 atom stereocenters. The Morgan fingerprint density at radius 2 is 1.68 bits per heavy atom. The Hall–Kier alpha value is -2.90. The molecular weight excluding hydrogens is 372 g/mol. The second kappa shape index (κ2) is 7.61. The van der Waals surface area contributed by atoms with Crippen molar-refractivity contribution in [1.29, 1.82) is 0 Å². The van der Waals surface area contributed by atoms with Crippen molar-refractivity contribution in [3.8, 4) is 22.4 Å². The molecule has 0 aliphatic rings. The highest BCUT2D eigenvalue weighted by atomic mass is 19.4. The topological polar surface area (TPSA) is 42.7 Å². The monoisotopic (exact) mass is 392 g/mol. The first-order chi connectivity index (χ1) is 13.1. The lowest BCUT2D eigenvalue weighted by molar-refractivity contribution is -0.138. The van der Waals surface area contributed by atoms with Gasteiger partial charge < -0.3 is 5.32 Å². The average Bonchev–Trinajstić information content (AvgIpc) is 3.07. The van der Waals surface area contributed by atoms with Gasteiger partial charge in [0.15, 0.2) is 0 Å². The van der Waals surface area contributed by atoms with Crippen molar-refractivity contribution < 1.29 is 17.6 Å². The predicted molar refractivity (Wildman–Crippen MR) is 100 cm³/mol. The molecule has 1 aromatic carbocycles. The minimum Gasteiger partial charge on any atom is -0.359 e. The minimum atomic E-state index is -4.38. The minimum absolute atomic E-state index is 0.0811. The highest BCUT2D eigenvalue weighted by Gasteiger charge is 2.36. The van der Waals surface area contributed by atoms with Gasteiger partial charge in [-0.3, -0.25) is 4.68 Å². The summed E-state index contributed by atoms with van der Waals surface area (Å²) in [5.74, 6) is -0.241. The van der Waals surface area contributed by atoms with Gasteiger partial charge >= 0.3 is 6.18 Å². The van der Waals surface area contributed by atoms with Gasteiger partial charge in [-0.1, -0.05) is 0 Å². The highest BCUT2D eigenvalue weighted by molar-refractivity contribution is 5.81. The molecule has 0 aliphatic carbocycles. The van der Waals surface area contributed by atoms with Crippen LogP contribution < -0.4 is 5.32 Å².